The third-order valence-electron chi connectivity index (χ3n) is 3.34. The Morgan fingerprint density at radius 3 is 2.90 bits per heavy atom. The van der Waals surface area contributed by atoms with E-state index in [-0.39, 0.29) is 18.0 Å². The van der Waals surface area contributed by atoms with Crippen molar-refractivity contribution >= 4 is 17.6 Å². The molecule has 1 saturated heterocycles. The topological polar surface area (TPSA) is 84.7 Å². The van der Waals surface area contributed by atoms with Gasteiger partial charge in [-0.05, 0) is 25.0 Å². The second-order valence-electron chi connectivity index (χ2n) is 5.06. The quantitative estimate of drug-likeness (QED) is 0.455. The first-order valence-corrected chi connectivity index (χ1v) is 7.22. The number of nitrogens with one attached hydrogen (secondary N) is 1. The number of imide groups is 1. The standard InChI is InChI=1S/C15H21N3O3/c1-2-5-13-14(19)18(15(20)17-13)8-4-9-21-12-7-3-6-11(16)10-12/h3,6-7,10,13H,2,4-5,8-9,16H2,1H3,(H,17,20). The van der Waals surface area contributed by atoms with E-state index in [1.165, 1.54) is 4.90 Å². The summed E-state index contributed by atoms with van der Waals surface area (Å²) in [6, 6.07) is 6.50. The van der Waals surface area contributed by atoms with Crippen LogP contribution in [0.2, 0.25) is 0 Å². The molecule has 0 aromatic heterocycles. The Kier molecular flexibility index (Phi) is 5.03. The Morgan fingerprint density at radius 2 is 2.19 bits per heavy atom. The van der Waals surface area contributed by atoms with Crippen molar-refractivity contribution in [3.63, 3.8) is 0 Å². The average Bonchev–Trinajstić information content (AvgIpc) is 2.71. The zero-order valence-electron chi connectivity index (χ0n) is 12.2. The molecule has 6 nitrogen and oxygen atoms in total. The lowest BCUT2D eigenvalue weighted by atomic mass is 10.2. The van der Waals surface area contributed by atoms with Gasteiger partial charge in [-0.2, -0.15) is 0 Å². The van der Waals surface area contributed by atoms with Crippen LogP contribution in [0.25, 0.3) is 0 Å². The average molecular weight is 291 g/mol. The Balaban J connectivity index is 1.76. The van der Waals surface area contributed by atoms with Crippen LogP contribution >= 0.6 is 0 Å². The highest BCUT2D eigenvalue weighted by atomic mass is 16.5. The van der Waals surface area contributed by atoms with Gasteiger partial charge in [-0.15, -0.1) is 0 Å². The maximum Gasteiger partial charge on any atom is 0.324 e. The van der Waals surface area contributed by atoms with Crippen LogP contribution in [-0.4, -0.2) is 36.0 Å². The second-order valence-corrected chi connectivity index (χ2v) is 5.06. The lowest BCUT2D eigenvalue weighted by Crippen LogP contribution is -2.33. The van der Waals surface area contributed by atoms with Crippen molar-refractivity contribution in [2.75, 3.05) is 18.9 Å². The number of hydrogen-bond donors (Lipinski definition) is 2. The zero-order valence-corrected chi connectivity index (χ0v) is 12.2. The minimum atomic E-state index is -0.364. The van der Waals surface area contributed by atoms with Gasteiger partial charge in [-0.1, -0.05) is 19.4 Å². The number of anilines is 1. The summed E-state index contributed by atoms with van der Waals surface area (Å²) in [5.74, 6) is 0.557. The van der Waals surface area contributed by atoms with Gasteiger partial charge in [0.2, 0.25) is 0 Å². The molecule has 1 aliphatic rings. The molecule has 0 radical (unpaired) electrons. The zero-order chi connectivity index (χ0) is 15.2. The highest BCUT2D eigenvalue weighted by Crippen LogP contribution is 2.15. The Labute approximate surface area is 124 Å². The first-order chi connectivity index (χ1) is 10.1. The SMILES string of the molecule is CCCC1NC(=O)N(CCCOc2cccc(N)c2)C1=O. The van der Waals surface area contributed by atoms with Gasteiger partial charge in [0.15, 0.2) is 0 Å². The molecule has 1 fully saturated rings. The van der Waals surface area contributed by atoms with Crippen molar-refractivity contribution in [3.8, 4) is 5.75 Å². The molecular formula is C15H21N3O3. The second kappa shape index (κ2) is 6.97. The van der Waals surface area contributed by atoms with Gasteiger partial charge in [0.1, 0.15) is 11.8 Å². The van der Waals surface area contributed by atoms with Crippen molar-refractivity contribution in [1.29, 1.82) is 0 Å². The van der Waals surface area contributed by atoms with E-state index in [4.69, 9.17) is 10.5 Å². The van der Waals surface area contributed by atoms with E-state index in [1.807, 2.05) is 19.1 Å². The van der Waals surface area contributed by atoms with Gasteiger partial charge in [-0.3, -0.25) is 9.69 Å². The molecule has 1 atom stereocenters. The molecule has 1 aromatic carbocycles. The normalized spacial score (nSPS) is 18.0. The predicted molar refractivity (Wildman–Crippen MR) is 79.9 cm³/mol. The number of nitrogens with zero attached hydrogens (tertiary/aromatic N) is 1. The van der Waals surface area contributed by atoms with Crippen molar-refractivity contribution in [3.05, 3.63) is 24.3 Å². The lowest BCUT2D eigenvalue weighted by Gasteiger charge is -2.13. The first-order valence-electron chi connectivity index (χ1n) is 7.22. The van der Waals surface area contributed by atoms with Crippen molar-refractivity contribution in [2.24, 2.45) is 0 Å². The van der Waals surface area contributed by atoms with E-state index in [2.05, 4.69) is 5.32 Å². The molecule has 0 aliphatic carbocycles. The van der Waals surface area contributed by atoms with Gasteiger partial charge in [0.25, 0.3) is 5.91 Å². The molecule has 0 bridgehead atoms. The van der Waals surface area contributed by atoms with Crippen LogP contribution in [-0.2, 0) is 4.79 Å². The summed E-state index contributed by atoms with van der Waals surface area (Å²) in [7, 11) is 0. The lowest BCUT2D eigenvalue weighted by molar-refractivity contribution is -0.127. The number of amides is 3. The smallest absolute Gasteiger partial charge is 0.324 e. The van der Waals surface area contributed by atoms with E-state index < -0.39 is 0 Å². The third kappa shape index (κ3) is 3.87. The summed E-state index contributed by atoms with van der Waals surface area (Å²) in [6.45, 7) is 2.79. The molecule has 6 heteroatoms. The molecule has 2 rings (SSSR count). The van der Waals surface area contributed by atoms with Crippen LogP contribution in [0.3, 0.4) is 0 Å². The number of rotatable bonds is 7. The molecular weight excluding hydrogens is 270 g/mol. The van der Waals surface area contributed by atoms with Crippen LogP contribution in [0.1, 0.15) is 26.2 Å². The molecule has 114 valence electrons. The van der Waals surface area contributed by atoms with E-state index in [9.17, 15) is 9.59 Å². The number of hydrogen-bond acceptors (Lipinski definition) is 4. The van der Waals surface area contributed by atoms with E-state index in [1.54, 1.807) is 12.1 Å². The highest BCUT2D eigenvalue weighted by Gasteiger charge is 2.36. The highest BCUT2D eigenvalue weighted by molar-refractivity contribution is 6.04. The van der Waals surface area contributed by atoms with Crippen LogP contribution in [0, 0.1) is 0 Å². The Bertz CT molecular complexity index is 519. The summed E-state index contributed by atoms with van der Waals surface area (Å²) in [4.78, 5) is 25.0. The van der Waals surface area contributed by atoms with E-state index >= 15 is 0 Å². The predicted octanol–water partition coefficient (Wildman–Crippen LogP) is 1.76. The largest absolute Gasteiger partial charge is 0.493 e. The molecule has 1 unspecified atom stereocenters. The van der Waals surface area contributed by atoms with E-state index in [0.29, 0.717) is 37.4 Å². The van der Waals surface area contributed by atoms with Crippen LogP contribution in [0.5, 0.6) is 5.75 Å². The number of nitrogen functional groups attached to an aromatic ring is 1. The number of benzene rings is 1. The molecule has 0 saturated carbocycles. The number of ether oxygens (including phenoxy) is 1. The van der Waals surface area contributed by atoms with Crippen LogP contribution < -0.4 is 15.8 Å². The summed E-state index contributed by atoms with van der Waals surface area (Å²) in [5.41, 5.74) is 6.30. The van der Waals surface area contributed by atoms with Gasteiger partial charge in [0, 0.05) is 18.3 Å². The van der Waals surface area contributed by atoms with Gasteiger partial charge >= 0.3 is 6.03 Å². The fourth-order valence-electron chi connectivity index (χ4n) is 2.29. The summed E-state index contributed by atoms with van der Waals surface area (Å²) < 4.78 is 5.54. The minimum absolute atomic E-state index is 0.134. The number of urea groups is 1. The Hall–Kier alpha value is -2.24. The minimum Gasteiger partial charge on any atom is -0.493 e. The number of nitrogens with two attached hydrogens (primary N) is 1. The molecule has 1 aromatic rings. The summed E-state index contributed by atoms with van der Waals surface area (Å²) in [6.07, 6.45) is 2.14. The maximum atomic E-state index is 12.0. The molecule has 1 aliphatic heterocycles. The maximum absolute atomic E-state index is 12.0. The molecule has 21 heavy (non-hydrogen) atoms. The first kappa shape index (κ1) is 15.2. The molecule has 3 amide bonds. The third-order valence-corrected chi connectivity index (χ3v) is 3.34. The van der Waals surface area contributed by atoms with Crippen molar-refractivity contribution in [1.82, 2.24) is 10.2 Å². The fraction of sp³-hybridized carbons (Fsp3) is 0.467. The summed E-state index contributed by atoms with van der Waals surface area (Å²) >= 11 is 0. The van der Waals surface area contributed by atoms with Gasteiger partial charge in [-0.25, -0.2) is 4.79 Å². The van der Waals surface area contributed by atoms with Gasteiger partial charge < -0.3 is 15.8 Å². The van der Waals surface area contributed by atoms with Crippen LogP contribution in [0.15, 0.2) is 24.3 Å². The Morgan fingerprint density at radius 1 is 1.38 bits per heavy atom. The van der Waals surface area contributed by atoms with Crippen LogP contribution in [0.4, 0.5) is 10.5 Å². The molecule has 1 heterocycles. The van der Waals surface area contributed by atoms with Crippen molar-refractivity contribution in [2.45, 2.75) is 32.2 Å². The van der Waals surface area contributed by atoms with E-state index in [0.717, 1.165) is 6.42 Å². The van der Waals surface area contributed by atoms with Gasteiger partial charge in [0.05, 0.1) is 6.61 Å². The number of carbonyl (C=O) groups excluding carboxylic acids is 2. The fourth-order valence-corrected chi connectivity index (χ4v) is 2.29. The molecule has 0 spiro atoms. The molecule has 3 N–H and O–H groups in total. The van der Waals surface area contributed by atoms with Crippen molar-refractivity contribution < 1.29 is 14.3 Å². The monoisotopic (exact) mass is 291 g/mol. The number of carbonyl (C=O) groups is 2. The summed E-state index contributed by atoms with van der Waals surface area (Å²) in [5, 5.41) is 2.70.